The molecule has 6 heteroatoms. The van der Waals surface area contributed by atoms with Crippen molar-refractivity contribution in [2.75, 3.05) is 0 Å². The molecule has 1 fully saturated rings. The summed E-state index contributed by atoms with van der Waals surface area (Å²) in [7, 11) is 0. The van der Waals surface area contributed by atoms with E-state index in [0.717, 1.165) is 18.3 Å². The molecule has 1 aromatic carbocycles. The van der Waals surface area contributed by atoms with Crippen LogP contribution in [0.3, 0.4) is 0 Å². The average molecular weight is 383 g/mol. The van der Waals surface area contributed by atoms with E-state index in [2.05, 4.69) is 11.8 Å². The normalized spacial score (nSPS) is 21.2. The Morgan fingerprint density at radius 2 is 2.19 bits per heavy atom. The summed E-state index contributed by atoms with van der Waals surface area (Å²) in [5.41, 5.74) is 1.31. The number of para-hydroxylation sites is 1. The molecule has 0 radical (unpaired) electrons. The lowest BCUT2D eigenvalue weighted by Crippen LogP contribution is -2.27. The van der Waals surface area contributed by atoms with Gasteiger partial charge in [-0.3, -0.25) is 4.79 Å². The Morgan fingerprint density at radius 3 is 2.85 bits per heavy atom. The Morgan fingerprint density at radius 1 is 1.41 bits per heavy atom. The Bertz CT molecular complexity index is 865. The molecule has 0 spiro atoms. The minimum Gasteiger partial charge on any atom is -0.450 e. The van der Waals surface area contributed by atoms with Gasteiger partial charge in [-0.15, -0.1) is 5.92 Å². The monoisotopic (exact) mass is 383 g/mol. The molecule has 0 N–H and O–H groups in total. The van der Waals surface area contributed by atoms with Crippen molar-refractivity contribution in [3.8, 4) is 17.6 Å². The zero-order valence-corrected chi connectivity index (χ0v) is 16.1. The molecule has 0 saturated carbocycles. The Kier molecular flexibility index (Phi) is 6.28. The molecular weight excluding hydrogens is 362 g/mol. The van der Waals surface area contributed by atoms with E-state index in [9.17, 15) is 4.79 Å². The molecule has 1 aliphatic rings. The summed E-state index contributed by atoms with van der Waals surface area (Å²) in [6.45, 7) is 3.78. The van der Waals surface area contributed by atoms with E-state index >= 15 is 0 Å². The smallest absolute Gasteiger partial charge is 0.358 e. The fourth-order valence-corrected chi connectivity index (χ4v) is 3.36. The molecular formula is C21H21NO4S. The van der Waals surface area contributed by atoms with E-state index in [1.165, 1.54) is 0 Å². The molecule has 2 aromatic rings. The fraction of sp³-hybridized carbons (Fsp3) is 0.333. The van der Waals surface area contributed by atoms with Gasteiger partial charge in [0.25, 0.3) is 0 Å². The second kappa shape index (κ2) is 8.85. The van der Waals surface area contributed by atoms with Crippen LogP contribution < -0.4 is 4.74 Å². The van der Waals surface area contributed by atoms with Gasteiger partial charge in [0.05, 0.1) is 11.8 Å². The summed E-state index contributed by atoms with van der Waals surface area (Å²) in [6.07, 6.45) is 3.25. The van der Waals surface area contributed by atoms with Gasteiger partial charge >= 0.3 is 5.24 Å². The SMILES string of the molecule is CC#Cc1cc(C=O)n([C@H]2C[C@@H](OC(=S)Oc3ccccc3)[C@@H](CC)O2)c1. The van der Waals surface area contributed by atoms with Gasteiger partial charge in [0, 0.05) is 30.4 Å². The average Bonchev–Trinajstić information content (AvgIpc) is 3.26. The van der Waals surface area contributed by atoms with Crippen LogP contribution in [-0.4, -0.2) is 28.3 Å². The van der Waals surface area contributed by atoms with Crippen molar-refractivity contribution in [1.29, 1.82) is 0 Å². The number of nitrogens with zero attached hydrogens (tertiary/aromatic N) is 1. The van der Waals surface area contributed by atoms with Crippen LogP contribution in [0.4, 0.5) is 0 Å². The zero-order valence-electron chi connectivity index (χ0n) is 15.3. The second-order valence-electron chi connectivity index (χ2n) is 6.15. The third kappa shape index (κ3) is 4.57. The standard InChI is InChI=1S/C21H21NO4S/c1-3-8-15-11-16(14-23)22(13-15)20-12-19(18(4-2)25-20)26-21(27)24-17-9-6-5-7-10-17/h5-7,9-11,13-14,18-20H,4,12H2,1-2H3/t18-,19-,20-/m1/s1. The summed E-state index contributed by atoms with van der Waals surface area (Å²) in [6, 6.07) is 11.0. The minimum atomic E-state index is -0.313. The topological polar surface area (TPSA) is 49.7 Å². The maximum atomic E-state index is 11.4. The quantitative estimate of drug-likeness (QED) is 0.442. The number of ether oxygens (including phenoxy) is 3. The first-order valence-corrected chi connectivity index (χ1v) is 9.24. The number of carbonyl (C=O) groups is 1. The highest BCUT2D eigenvalue weighted by Gasteiger charge is 2.38. The molecule has 0 aliphatic carbocycles. The van der Waals surface area contributed by atoms with E-state index in [4.69, 9.17) is 26.4 Å². The summed E-state index contributed by atoms with van der Waals surface area (Å²) in [5.74, 6) is 6.43. The lowest BCUT2D eigenvalue weighted by Gasteiger charge is -2.18. The molecule has 27 heavy (non-hydrogen) atoms. The van der Waals surface area contributed by atoms with Crippen LogP contribution in [0.25, 0.3) is 0 Å². The Labute approximate surface area is 164 Å². The summed E-state index contributed by atoms with van der Waals surface area (Å²) in [5, 5.41) is 0.0644. The largest absolute Gasteiger partial charge is 0.450 e. The van der Waals surface area contributed by atoms with Crippen molar-refractivity contribution in [3.63, 3.8) is 0 Å². The van der Waals surface area contributed by atoms with Gasteiger partial charge in [-0.1, -0.05) is 31.0 Å². The summed E-state index contributed by atoms with van der Waals surface area (Å²) in [4.78, 5) is 11.4. The van der Waals surface area contributed by atoms with Gasteiger partial charge in [-0.2, -0.15) is 0 Å². The van der Waals surface area contributed by atoms with Crippen molar-refractivity contribution in [1.82, 2.24) is 4.57 Å². The highest BCUT2D eigenvalue weighted by Crippen LogP contribution is 2.34. The van der Waals surface area contributed by atoms with Gasteiger partial charge in [0.1, 0.15) is 18.1 Å². The predicted molar refractivity (Wildman–Crippen MR) is 106 cm³/mol. The van der Waals surface area contributed by atoms with Crippen LogP contribution in [0.1, 0.15) is 49.0 Å². The molecule has 1 aromatic heterocycles. The first kappa shape index (κ1) is 19.2. The Balaban J connectivity index is 1.70. The molecule has 2 heterocycles. The fourth-order valence-electron chi connectivity index (χ4n) is 3.14. The lowest BCUT2D eigenvalue weighted by atomic mass is 10.1. The van der Waals surface area contributed by atoms with Crippen LogP contribution in [-0.2, 0) is 9.47 Å². The van der Waals surface area contributed by atoms with Crippen LogP contribution in [0.15, 0.2) is 42.6 Å². The number of rotatable bonds is 5. The van der Waals surface area contributed by atoms with E-state index in [0.29, 0.717) is 17.9 Å². The maximum Gasteiger partial charge on any atom is 0.358 e. The van der Waals surface area contributed by atoms with Crippen molar-refractivity contribution < 1.29 is 19.0 Å². The molecule has 1 aliphatic heterocycles. The van der Waals surface area contributed by atoms with Crippen molar-refractivity contribution in [3.05, 3.63) is 53.9 Å². The lowest BCUT2D eigenvalue weighted by molar-refractivity contribution is -0.0199. The number of benzene rings is 1. The van der Waals surface area contributed by atoms with Crippen LogP contribution in [0.2, 0.25) is 0 Å². The van der Waals surface area contributed by atoms with E-state index in [1.807, 2.05) is 43.5 Å². The van der Waals surface area contributed by atoms with Gasteiger partial charge in [0.15, 0.2) is 6.29 Å². The highest BCUT2D eigenvalue weighted by atomic mass is 32.1. The predicted octanol–water partition coefficient (Wildman–Crippen LogP) is 4.12. The molecule has 140 valence electrons. The molecule has 5 nitrogen and oxygen atoms in total. The highest BCUT2D eigenvalue weighted by molar-refractivity contribution is 7.79. The van der Waals surface area contributed by atoms with Crippen molar-refractivity contribution in [2.24, 2.45) is 0 Å². The van der Waals surface area contributed by atoms with Crippen LogP contribution in [0, 0.1) is 11.8 Å². The summed E-state index contributed by atoms with van der Waals surface area (Å²) >= 11 is 5.23. The van der Waals surface area contributed by atoms with Gasteiger partial charge in [-0.25, -0.2) is 0 Å². The van der Waals surface area contributed by atoms with Crippen molar-refractivity contribution >= 4 is 23.7 Å². The minimum absolute atomic E-state index is 0.0644. The second-order valence-corrected chi connectivity index (χ2v) is 6.48. The Hall–Kier alpha value is -2.62. The number of hydrogen-bond donors (Lipinski definition) is 0. The number of aromatic nitrogens is 1. The zero-order chi connectivity index (χ0) is 19.2. The van der Waals surface area contributed by atoms with Crippen molar-refractivity contribution in [2.45, 2.75) is 45.1 Å². The third-order valence-electron chi connectivity index (χ3n) is 4.35. The number of carbonyl (C=O) groups excluding carboxylic acids is 1. The third-order valence-corrected chi connectivity index (χ3v) is 4.53. The van der Waals surface area contributed by atoms with Crippen LogP contribution in [0.5, 0.6) is 5.75 Å². The molecule has 3 rings (SSSR count). The summed E-state index contributed by atoms with van der Waals surface area (Å²) < 4.78 is 19.3. The first-order valence-electron chi connectivity index (χ1n) is 8.83. The molecule has 0 bridgehead atoms. The van der Waals surface area contributed by atoms with E-state index < -0.39 is 0 Å². The molecule has 0 amide bonds. The van der Waals surface area contributed by atoms with E-state index in [1.54, 1.807) is 17.6 Å². The molecule has 3 atom stereocenters. The first-order chi connectivity index (χ1) is 13.1. The molecule has 1 saturated heterocycles. The van der Waals surface area contributed by atoms with Gasteiger partial charge in [0.2, 0.25) is 0 Å². The van der Waals surface area contributed by atoms with Gasteiger partial charge < -0.3 is 18.8 Å². The molecule has 0 unspecified atom stereocenters. The number of aldehydes is 1. The van der Waals surface area contributed by atoms with Gasteiger partial charge in [-0.05, 0) is 31.5 Å². The van der Waals surface area contributed by atoms with Crippen LogP contribution >= 0.6 is 12.2 Å². The number of hydrogen-bond acceptors (Lipinski definition) is 5. The number of thiocarbonyl (C=S) groups is 1. The maximum absolute atomic E-state index is 11.4. The van der Waals surface area contributed by atoms with E-state index in [-0.39, 0.29) is 23.7 Å².